The lowest BCUT2D eigenvalue weighted by Gasteiger charge is -2.35. The molecule has 1 unspecified atom stereocenters. The third-order valence-corrected chi connectivity index (χ3v) is 5.45. The van der Waals surface area contributed by atoms with Gasteiger partial charge in [-0.2, -0.15) is 11.8 Å². The van der Waals surface area contributed by atoms with Crippen LogP contribution >= 0.6 is 11.8 Å². The van der Waals surface area contributed by atoms with Crippen molar-refractivity contribution < 1.29 is 0 Å². The lowest BCUT2D eigenvalue weighted by Crippen LogP contribution is -2.35. The fourth-order valence-corrected chi connectivity index (χ4v) is 4.21. The van der Waals surface area contributed by atoms with Crippen molar-refractivity contribution in [1.82, 2.24) is 4.98 Å². The molecule has 1 aliphatic heterocycles. The molecule has 0 bridgehead atoms. The summed E-state index contributed by atoms with van der Waals surface area (Å²) in [7, 11) is 0. The molecule has 0 aliphatic carbocycles. The molecule has 3 heteroatoms. The molecule has 1 saturated heterocycles. The quantitative estimate of drug-likeness (QED) is 0.880. The van der Waals surface area contributed by atoms with E-state index < -0.39 is 0 Å². The van der Waals surface area contributed by atoms with Crippen LogP contribution in [0.25, 0.3) is 10.9 Å². The molecule has 2 aromatic rings. The molecule has 1 atom stereocenters. The molecule has 1 aromatic heterocycles. The summed E-state index contributed by atoms with van der Waals surface area (Å²) in [4.78, 5) is 4.71. The predicted octanol–water partition coefficient (Wildman–Crippen LogP) is 4.49. The number of hydrogen-bond acceptors (Lipinski definition) is 3. The molecule has 20 heavy (non-hydrogen) atoms. The van der Waals surface area contributed by atoms with Gasteiger partial charge in [-0.25, -0.2) is 0 Å². The van der Waals surface area contributed by atoms with E-state index in [1.807, 2.05) is 0 Å². The molecular formula is C17H22N2S. The maximum Gasteiger partial charge on any atom is 0.0936 e. The van der Waals surface area contributed by atoms with Gasteiger partial charge in [0.2, 0.25) is 0 Å². The SMILES string of the molecule is Cc1ccc2cccc(NC3CSCC(C)(C)C3)c2n1. The molecule has 1 N–H and O–H groups in total. The van der Waals surface area contributed by atoms with Crippen molar-refractivity contribution in [1.29, 1.82) is 0 Å². The highest BCUT2D eigenvalue weighted by atomic mass is 32.2. The number of anilines is 1. The highest BCUT2D eigenvalue weighted by Gasteiger charge is 2.28. The molecule has 106 valence electrons. The first-order valence-electron chi connectivity index (χ1n) is 7.24. The first-order chi connectivity index (χ1) is 9.53. The average molecular weight is 286 g/mol. The van der Waals surface area contributed by atoms with Crippen molar-refractivity contribution in [2.75, 3.05) is 16.8 Å². The van der Waals surface area contributed by atoms with Gasteiger partial charge in [-0.1, -0.05) is 32.0 Å². The van der Waals surface area contributed by atoms with E-state index in [4.69, 9.17) is 4.98 Å². The second-order valence-electron chi connectivity index (χ2n) is 6.55. The normalized spacial score (nSPS) is 21.9. The van der Waals surface area contributed by atoms with E-state index in [-0.39, 0.29) is 0 Å². The van der Waals surface area contributed by atoms with E-state index in [1.54, 1.807) is 0 Å². The van der Waals surface area contributed by atoms with Crippen LogP contribution in [0.3, 0.4) is 0 Å². The minimum atomic E-state index is 0.425. The van der Waals surface area contributed by atoms with E-state index in [1.165, 1.54) is 29.0 Å². The molecule has 0 radical (unpaired) electrons. The van der Waals surface area contributed by atoms with Crippen LogP contribution < -0.4 is 5.32 Å². The Morgan fingerprint density at radius 2 is 2.10 bits per heavy atom. The summed E-state index contributed by atoms with van der Waals surface area (Å²) in [6, 6.07) is 11.2. The second kappa shape index (κ2) is 5.28. The largest absolute Gasteiger partial charge is 0.380 e. The zero-order chi connectivity index (χ0) is 14.2. The number of benzene rings is 1. The fourth-order valence-electron chi connectivity index (χ4n) is 2.94. The van der Waals surface area contributed by atoms with Crippen LogP contribution in [0.1, 0.15) is 26.0 Å². The number of nitrogens with one attached hydrogen (secondary N) is 1. The highest BCUT2D eigenvalue weighted by molar-refractivity contribution is 7.99. The summed E-state index contributed by atoms with van der Waals surface area (Å²) in [6.45, 7) is 6.77. The molecule has 0 amide bonds. The second-order valence-corrected chi connectivity index (χ2v) is 7.58. The summed E-state index contributed by atoms with van der Waals surface area (Å²) in [5.41, 5.74) is 3.77. The maximum atomic E-state index is 4.71. The van der Waals surface area contributed by atoms with Crippen LogP contribution in [0.5, 0.6) is 0 Å². The molecule has 3 rings (SSSR count). The maximum absolute atomic E-state index is 4.71. The van der Waals surface area contributed by atoms with Crippen molar-refractivity contribution in [2.45, 2.75) is 33.2 Å². The Kier molecular flexibility index (Phi) is 3.63. The molecular weight excluding hydrogens is 264 g/mol. The first-order valence-corrected chi connectivity index (χ1v) is 8.40. The van der Waals surface area contributed by atoms with Gasteiger partial charge in [0.25, 0.3) is 0 Å². The summed E-state index contributed by atoms with van der Waals surface area (Å²) in [6.07, 6.45) is 1.22. The first kappa shape index (κ1) is 13.7. The Morgan fingerprint density at radius 3 is 2.90 bits per heavy atom. The van der Waals surface area contributed by atoms with Crippen LogP contribution in [-0.4, -0.2) is 22.5 Å². The van der Waals surface area contributed by atoms with Gasteiger partial charge in [0.15, 0.2) is 0 Å². The number of fused-ring (bicyclic) bond motifs is 1. The van der Waals surface area contributed by atoms with Gasteiger partial charge in [-0.3, -0.25) is 4.98 Å². The summed E-state index contributed by atoms with van der Waals surface area (Å²) >= 11 is 2.05. The number of para-hydroxylation sites is 1. The van der Waals surface area contributed by atoms with Gasteiger partial charge in [-0.05, 0) is 36.6 Å². The number of aromatic nitrogens is 1. The number of nitrogens with zero attached hydrogens (tertiary/aromatic N) is 1. The van der Waals surface area contributed by atoms with E-state index in [0.29, 0.717) is 11.5 Å². The van der Waals surface area contributed by atoms with Gasteiger partial charge in [0.1, 0.15) is 0 Å². The zero-order valence-corrected chi connectivity index (χ0v) is 13.3. The van der Waals surface area contributed by atoms with Crippen molar-refractivity contribution in [3.05, 3.63) is 36.0 Å². The van der Waals surface area contributed by atoms with E-state index in [0.717, 1.165) is 11.2 Å². The van der Waals surface area contributed by atoms with E-state index >= 15 is 0 Å². The molecule has 0 spiro atoms. The Morgan fingerprint density at radius 1 is 1.25 bits per heavy atom. The van der Waals surface area contributed by atoms with Crippen molar-refractivity contribution in [3.8, 4) is 0 Å². The van der Waals surface area contributed by atoms with Crippen LogP contribution in [-0.2, 0) is 0 Å². The monoisotopic (exact) mass is 286 g/mol. The molecule has 1 aliphatic rings. The van der Waals surface area contributed by atoms with Crippen molar-refractivity contribution in [2.24, 2.45) is 5.41 Å². The topological polar surface area (TPSA) is 24.9 Å². The Hall–Kier alpha value is -1.22. The summed E-state index contributed by atoms with van der Waals surface area (Å²) in [5, 5.41) is 4.93. The standard InChI is InChI=1S/C17H22N2S/c1-12-7-8-13-5-4-6-15(16(13)18-12)19-14-9-17(2,3)11-20-10-14/h4-8,14,19H,9-11H2,1-3H3. The Bertz CT molecular complexity index is 621. The molecule has 1 fully saturated rings. The number of rotatable bonds is 2. The Labute approximate surface area is 125 Å². The van der Waals surface area contributed by atoms with Crippen LogP contribution in [0, 0.1) is 12.3 Å². The van der Waals surface area contributed by atoms with Crippen LogP contribution in [0.4, 0.5) is 5.69 Å². The smallest absolute Gasteiger partial charge is 0.0936 e. The minimum absolute atomic E-state index is 0.425. The van der Waals surface area contributed by atoms with Gasteiger partial charge in [0, 0.05) is 22.9 Å². The van der Waals surface area contributed by atoms with Gasteiger partial charge >= 0.3 is 0 Å². The highest BCUT2D eigenvalue weighted by Crippen LogP contribution is 2.35. The van der Waals surface area contributed by atoms with Crippen molar-refractivity contribution in [3.63, 3.8) is 0 Å². The molecule has 2 heterocycles. The number of thioether (sulfide) groups is 1. The summed E-state index contributed by atoms with van der Waals surface area (Å²) in [5.74, 6) is 2.45. The minimum Gasteiger partial charge on any atom is -0.380 e. The average Bonchev–Trinajstić information content (AvgIpc) is 2.38. The lowest BCUT2D eigenvalue weighted by atomic mass is 9.87. The molecule has 1 aromatic carbocycles. The Balaban J connectivity index is 1.89. The summed E-state index contributed by atoms with van der Waals surface area (Å²) < 4.78 is 0. The lowest BCUT2D eigenvalue weighted by molar-refractivity contribution is 0.358. The predicted molar refractivity (Wildman–Crippen MR) is 89.6 cm³/mol. The van der Waals surface area contributed by atoms with Gasteiger partial charge in [-0.15, -0.1) is 0 Å². The van der Waals surface area contributed by atoms with Crippen LogP contribution in [0.2, 0.25) is 0 Å². The van der Waals surface area contributed by atoms with Crippen LogP contribution in [0.15, 0.2) is 30.3 Å². The van der Waals surface area contributed by atoms with Gasteiger partial charge < -0.3 is 5.32 Å². The number of aryl methyl sites for hydroxylation is 1. The van der Waals surface area contributed by atoms with E-state index in [9.17, 15) is 0 Å². The van der Waals surface area contributed by atoms with Gasteiger partial charge in [0.05, 0.1) is 11.2 Å². The fraction of sp³-hybridized carbons (Fsp3) is 0.471. The van der Waals surface area contributed by atoms with Crippen molar-refractivity contribution >= 4 is 28.4 Å². The van der Waals surface area contributed by atoms with E-state index in [2.05, 4.69) is 68.2 Å². The third-order valence-electron chi connectivity index (χ3n) is 3.83. The number of hydrogen-bond donors (Lipinski definition) is 1. The molecule has 0 saturated carbocycles. The number of pyridine rings is 1. The zero-order valence-electron chi connectivity index (χ0n) is 12.4. The third kappa shape index (κ3) is 2.93. The molecule has 2 nitrogen and oxygen atoms in total.